The number of benzene rings is 2. The van der Waals surface area contributed by atoms with Gasteiger partial charge in [0.1, 0.15) is 11.1 Å². The molecule has 0 fully saturated rings. The normalized spacial score (nSPS) is 12.9. The van der Waals surface area contributed by atoms with Crippen molar-refractivity contribution in [1.82, 2.24) is 4.98 Å². The molecule has 0 bridgehead atoms. The number of hydrogen-bond acceptors (Lipinski definition) is 5. The number of para-hydroxylation sites is 1. The van der Waals surface area contributed by atoms with E-state index in [2.05, 4.69) is 28.5 Å². The highest BCUT2D eigenvalue weighted by molar-refractivity contribution is 7.14. The molecule has 0 radical (unpaired) electrons. The number of anilines is 1. The zero-order valence-electron chi connectivity index (χ0n) is 14.9. The molecule has 1 aliphatic rings. The first kappa shape index (κ1) is 16.9. The highest BCUT2D eigenvalue weighted by Crippen LogP contribution is 2.30. The number of fused-ring (bicyclic) bond motifs is 2. The number of rotatable bonds is 3. The van der Waals surface area contributed by atoms with Gasteiger partial charge in [0, 0.05) is 16.3 Å². The Hall–Kier alpha value is -3.25. The predicted octanol–water partition coefficient (Wildman–Crippen LogP) is 4.66. The third kappa shape index (κ3) is 3.01. The van der Waals surface area contributed by atoms with Crippen LogP contribution in [0, 0.1) is 0 Å². The molecule has 5 rings (SSSR count). The highest BCUT2D eigenvalue weighted by Gasteiger charge is 2.17. The Morgan fingerprint density at radius 1 is 1.07 bits per heavy atom. The van der Waals surface area contributed by atoms with Crippen LogP contribution in [0.15, 0.2) is 63.1 Å². The zero-order valence-corrected chi connectivity index (χ0v) is 15.7. The molecule has 0 saturated heterocycles. The molecule has 0 atom stereocenters. The largest absolute Gasteiger partial charge is 0.422 e. The molecule has 6 heteroatoms. The van der Waals surface area contributed by atoms with Crippen LogP contribution in [0.3, 0.4) is 0 Å². The summed E-state index contributed by atoms with van der Waals surface area (Å²) < 4.78 is 5.24. The fraction of sp³-hybridized carbons (Fsp3) is 0.136. The fourth-order valence-corrected chi connectivity index (χ4v) is 4.29. The average Bonchev–Trinajstić information content (AvgIpc) is 3.36. The standard InChI is InChI=1S/C22H16N2O3S/c25-20(17-11-16-4-1-2-7-19(16)27-21(17)26)24-22-23-18(12-28-22)15-9-8-13-5-3-6-14(13)10-15/h1-2,4,7-12H,3,5-6H2,(H,23,24,25). The molecule has 2 heterocycles. The van der Waals surface area contributed by atoms with Gasteiger partial charge >= 0.3 is 5.63 Å². The maximum absolute atomic E-state index is 12.6. The molecule has 0 saturated carbocycles. The van der Waals surface area contributed by atoms with Gasteiger partial charge in [0.2, 0.25) is 0 Å². The third-order valence-corrected chi connectivity index (χ3v) is 5.76. The van der Waals surface area contributed by atoms with E-state index in [4.69, 9.17) is 4.42 Å². The Labute approximate surface area is 164 Å². The number of amides is 1. The summed E-state index contributed by atoms with van der Waals surface area (Å²) in [6.45, 7) is 0. The van der Waals surface area contributed by atoms with Crippen LogP contribution in [0.5, 0.6) is 0 Å². The van der Waals surface area contributed by atoms with E-state index in [0.717, 1.165) is 24.1 Å². The topological polar surface area (TPSA) is 72.2 Å². The van der Waals surface area contributed by atoms with Crippen LogP contribution >= 0.6 is 11.3 Å². The average molecular weight is 388 g/mol. The smallest absolute Gasteiger partial charge is 0.349 e. The molecule has 1 aliphatic carbocycles. The molecule has 0 unspecified atom stereocenters. The van der Waals surface area contributed by atoms with E-state index >= 15 is 0 Å². The molecule has 0 spiro atoms. The number of carbonyl (C=O) groups excluding carboxylic acids is 1. The molecule has 28 heavy (non-hydrogen) atoms. The first-order valence-electron chi connectivity index (χ1n) is 9.09. The van der Waals surface area contributed by atoms with Gasteiger partial charge in [0.15, 0.2) is 5.13 Å². The lowest BCUT2D eigenvalue weighted by atomic mass is 10.1. The van der Waals surface area contributed by atoms with Gasteiger partial charge < -0.3 is 4.42 Å². The first-order valence-corrected chi connectivity index (χ1v) is 9.97. The lowest BCUT2D eigenvalue weighted by molar-refractivity contribution is 0.102. The summed E-state index contributed by atoms with van der Waals surface area (Å²) in [6, 6.07) is 15.1. The summed E-state index contributed by atoms with van der Waals surface area (Å²) in [5.41, 5.74) is 4.42. The van der Waals surface area contributed by atoms with Crippen LogP contribution < -0.4 is 10.9 Å². The van der Waals surface area contributed by atoms with E-state index < -0.39 is 11.5 Å². The van der Waals surface area contributed by atoms with Gasteiger partial charge in [-0.15, -0.1) is 11.3 Å². The van der Waals surface area contributed by atoms with Gasteiger partial charge in [-0.05, 0) is 48.6 Å². The van der Waals surface area contributed by atoms with E-state index in [0.29, 0.717) is 16.1 Å². The van der Waals surface area contributed by atoms with Crippen molar-refractivity contribution in [1.29, 1.82) is 0 Å². The summed E-state index contributed by atoms with van der Waals surface area (Å²) in [6.07, 6.45) is 3.45. The van der Waals surface area contributed by atoms with Crippen LogP contribution in [0.4, 0.5) is 5.13 Å². The van der Waals surface area contributed by atoms with Crippen molar-refractivity contribution in [2.75, 3.05) is 5.32 Å². The van der Waals surface area contributed by atoms with Crippen LogP contribution in [-0.4, -0.2) is 10.9 Å². The second kappa shape index (κ2) is 6.73. The molecule has 1 amide bonds. The number of hydrogen-bond donors (Lipinski definition) is 1. The predicted molar refractivity (Wildman–Crippen MR) is 110 cm³/mol. The van der Waals surface area contributed by atoms with Gasteiger partial charge in [0.05, 0.1) is 5.69 Å². The van der Waals surface area contributed by atoms with Crippen molar-refractivity contribution >= 4 is 33.3 Å². The van der Waals surface area contributed by atoms with Crippen molar-refractivity contribution in [2.45, 2.75) is 19.3 Å². The van der Waals surface area contributed by atoms with E-state index in [9.17, 15) is 9.59 Å². The Morgan fingerprint density at radius 2 is 1.93 bits per heavy atom. The second-order valence-corrected chi connectivity index (χ2v) is 7.67. The molecule has 138 valence electrons. The minimum Gasteiger partial charge on any atom is -0.422 e. The van der Waals surface area contributed by atoms with Gasteiger partial charge in [0.25, 0.3) is 5.91 Å². The van der Waals surface area contributed by atoms with E-state index in [-0.39, 0.29) is 5.56 Å². The zero-order chi connectivity index (χ0) is 19.1. The fourth-order valence-electron chi connectivity index (χ4n) is 3.58. The number of carbonyl (C=O) groups is 1. The quantitative estimate of drug-likeness (QED) is 0.518. The van der Waals surface area contributed by atoms with Crippen molar-refractivity contribution in [2.24, 2.45) is 0 Å². The Morgan fingerprint density at radius 3 is 2.86 bits per heavy atom. The summed E-state index contributed by atoms with van der Waals surface area (Å²) in [5, 5.41) is 5.78. The minimum atomic E-state index is -0.661. The van der Waals surface area contributed by atoms with Gasteiger partial charge in [-0.25, -0.2) is 9.78 Å². The van der Waals surface area contributed by atoms with Gasteiger partial charge in [-0.1, -0.05) is 30.3 Å². The molecular formula is C22H16N2O3S. The molecule has 1 N–H and O–H groups in total. The molecule has 0 aliphatic heterocycles. The second-order valence-electron chi connectivity index (χ2n) is 6.81. The summed E-state index contributed by atoms with van der Waals surface area (Å²) in [5.74, 6) is -0.519. The van der Waals surface area contributed by atoms with Gasteiger partial charge in [-0.3, -0.25) is 10.1 Å². The summed E-state index contributed by atoms with van der Waals surface area (Å²) in [4.78, 5) is 29.2. The van der Waals surface area contributed by atoms with Crippen molar-refractivity contribution in [3.05, 3.63) is 81.0 Å². The Balaban J connectivity index is 1.41. The van der Waals surface area contributed by atoms with Crippen molar-refractivity contribution in [3.8, 4) is 11.3 Å². The highest BCUT2D eigenvalue weighted by atomic mass is 32.1. The third-order valence-electron chi connectivity index (χ3n) is 5.00. The molecule has 2 aromatic carbocycles. The number of thiazole rings is 1. The SMILES string of the molecule is O=C(Nc1nc(-c2ccc3c(c2)CCC3)cs1)c1cc2ccccc2oc1=O. The summed E-state index contributed by atoms with van der Waals surface area (Å²) in [7, 11) is 0. The van der Waals surface area contributed by atoms with Crippen molar-refractivity contribution < 1.29 is 9.21 Å². The molecular weight excluding hydrogens is 372 g/mol. The molecule has 2 aromatic heterocycles. The lowest BCUT2D eigenvalue weighted by Crippen LogP contribution is -2.20. The Kier molecular flexibility index (Phi) is 4.06. The Bertz CT molecular complexity index is 1270. The number of nitrogens with zero attached hydrogens (tertiary/aromatic N) is 1. The van der Waals surface area contributed by atoms with Crippen molar-refractivity contribution in [3.63, 3.8) is 0 Å². The summed E-state index contributed by atoms with van der Waals surface area (Å²) >= 11 is 1.33. The van der Waals surface area contributed by atoms with E-state index in [1.807, 2.05) is 11.4 Å². The number of nitrogens with one attached hydrogen (secondary N) is 1. The maximum Gasteiger partial charge on any atom is 0.349 e. The molecule has 4 aromatic rings. The van der Waals surface area contributed by atoms with Crippen LogP contribution in [-0.2, 0) is 12.8 Å². The maximum atomic E-state index is 12.6. The number of aryl methyl sites for hydroxylation is 2. The monoisotopic (exact) mass is 388 g/mol. The van der Waals surface area contributed by atoms with E-state index in [1.54, 1.807) is 24.3 Å². The first-order chi connectivity index (χ1) is 13.7. The van der Waals surface area contributed by atoms with Crippen LogP contribution in [0.1, 0.15) is 27.9 Å². The molecule has 5 nitrogen and oxygen atoms in total. The van der Waals surface area contributed by atoms with Crippen LogP contribution in [0.2, 0.25) is 0 Å². The van der Waals surface area contributed by atoms with E-state index in [1.165, 1.54) is 28.9 Å². The van der Waals surface area contributed by atoms with Crippen LogP contribution in [0.25, 0.3) is 22.2 Å². The lowest BCUT2D eigenvalue weighted by Gasteiger charge is -2.03. The van der Waals surface area contributed by atoms with Gasteiger partial charge in [-0.2, -0.15) is 0 Å². The minimum absolute atomic E-state index is 0.0343. The number of aromatic nitrogens is 1.